The summed E-state index contributed by atoms with van der Waals surface area (Å²) in [5, 5.41) is 0.853. The molecule has 0 atom stereocenters. The van der Waals surface area contributed by atoms with Gasteiger partial charge in [-0.15, -0.1) is 0 Å². The first-order chi connectivity index (χ1) is 17.0. The van der Waals surface area contributed by atoms with Crippen LogP contribution in [0.5, 0.6) is 23.0 Å². The van der Waals surface area contributed by atoms with Crippen molar-refractivity contribution in [3.63, 3.8) is 0 Å². The Labute approximate surface area is 203 Å². The van der Waals surface area contributed by atoms with Crippen molar-refractivity contribution in [3.05, 3.63) is 57.9 Å². The van der Waals surface area contributed by atoms with Crippen LogP contribution < -0.4 is 24.6 Å². The minimum absolute atomic E-state index is 0.101. The fraction of sp³-hybridized carbons (Fsp3) is 0.385. The van der Waals surface area contributed by atoms with Crippen molar-refractivity contribution in [1.29, 1.82) is 0 Å². The van der Waals surface area contributed by atoms with Crippen molar-refractivity contribution in [1.82, 2.24) is 9.80 Å². The second-order valence-electron chi connectivity index (χ2n) is 8.16. The first-order valence-electron chi connectivity index (χ1n) is 11.5. The van der Waals surface area contributed by atoms with Gasteiger partial charge in [0.15, 0.2) is 11.5 Å². The lowest BCUT2D eigenvalue weighted by Crippen LogP contribution is -2.48. The van der Waals surface area contributed by atoms with Crippen molar-refractivity contribution in [2.75, 3.05) is 54.1 Å². The number of hydrogen-bond acceptors (Lipinski definition) is 8. The van der Waals surface area contributed by atoms with Crippen molar-refractivity contribution in [3.8, 4) is 23.0 Å². The van der Waals surface area contributed by atoms with Crippen LogP contribution in [-0.4, -0.2) is 69.8 Å². The van der Waals surface area contributed by atoms with Crippen LogP contribution in [0.25, 0.3) is 11.0 Å². The van der Waals surface area contributed by atoms with Gasteiger partial charge in [-0.2, -0.15) is 0 Å². The van der Waals surface area contributed by atoms with Crippen LogP contribution in [0, 0.1) is 0 Å². The molecule has 0 saturated carbocycles. The standard InChI is InChI=1S/C26H30N2O7/c1-5-34-19-6-7-21-20(15-19)18(14-24(29)35-21)16-27-8-10-28(11-9-27)26(30)17-12-22(31-2)25(33-4)23(13-17)32-3/h6-7,12-15H,5,8-11,16H2,1-4H3. The van der Waals surface area contributed by atoms with E-state index < -0.39 is 0 Å². The molecule has 0 bridgehead atoms. The first-order valence-corrected chi connectivity index (χ1v) is 11.5. The number of carbonyl (C=O) groups excluding carboxylic acids is 1. The number of piperazine rings is 1. The molecule has 0 unspecified atom stereocenters. The van der Waals surface area contributed by atoms with Crippen molar-refractivity contribution in [2.24, 2.45) is 0 Å². The highest BCUT2D eigenvalue weighted by Gasteiger charge is 2.25. The third kappa shape index (κ3) is 5.19. The van der Waals surface area contributed by atoms with E-state index >= 15 is 0 Å². The Hall–Kier alpha value is -3.72. The molecule has 2 heterocycles. The highest BCUT2D eigenvalue weighted by molar-refractivity contribution is 5.95. The fourth-order valence-electron chi connectivity index (χ4n) is 4.33. The summed E-state index contributed by atoms with van der Waals surface area (Å²) in [6, 6.07) is 10.3. The Morgan fingerprint density at radius 2 is 1.63 bits per heavy atom. The summed E-state index contributed by atoms with van der Waals surface area (Å²) in [6.07, 6.45) is 0. The molecular weight excluding hydrogens is 452 g/mol. The zero-order valence-corrected chi connectivity index (χ0v) is 20.5. The molecule has 1 amide bonds. The van der Waals surface area contributed by atoms with Crippen molar-refractivity contribution in [2.45, 2.75) is 13.5 Å². The van der Waals surface area contributed by atoms with Gasteiger partial charge in [0.25, 0.3) is 5.91 Å². The SMILES string of the molecule is CCOc1ccc2oc(=O)cc(CN3CCN(C(=O)c4cc(OC)c(OC)c(OC)c4)CC3)c2c1. The van der Waals surface area contributed by atoms with Crippen LogP contribution in [0.4, 0.5) is 0 Å². The third-order valence-electron chi connectivity index (χ3n) is 6.08. The monoisotopic (exact) mass is 482 g/mol. The van der Waals surface area contributed by atoms with E-state index in [9.17, 15) is 9.59 Å². The van der Waals surface area contributed by atoms with Gasteiger partial charge in [-0.3, -0.25) is 9.69 Å². The summed E-state index contributed by atoms with van der Waals surface area (Å²) >= 11 is 0. The lowest BCUT2D eigenvalue weighted by Gasteiger charge is -2.35. The highest BCUT2D eigenvalue weighted by Crippen LogP contribution is 2.38. The van der Waals surface area contributed by atoms with E-state index in [-0.39, 0.29) is 11.5 Å². The average molecular weight is 483 g/mol. The summed E-state index contributed by atoms with van der Waals surface area (Å²) in [5.74, 6) is 1.96. The molecular formula is C26H30N2O7. The van der Waals surface area contributed by atoms with Crippen LogP contribution in [0.1, 0.15) is 22.8 Å². The lowest BCUT2D eigenvalue weighted by molar-refractivity contribution is 0.0628. The summed E-state index contributed by atoms with van der Waals surface area (Å²) in [7, 11) is 4.57. The minimum Gasteiger partial charge on any atom is -0.494 e. The Bertz CT molecular complexity index is 1240. The zero-order chi connectivity index (χ0) is 24.9. The largest absolute Gasteiger partial charge is 0.494 e. The number of amides is 1. The van der Waals surface area contributed by atoms with Gasteiger partial charge in [0.1, 0.15) is 11.3 Å². The topological polar surface area (TPSA) is 90.7 Å². The normalized spacial score (nSPS) is 14.1. The average Bonchev–Trinajstić information content (AvgIpc) is 2.88. The lowest BCUT2D eigenvalue weighted by atomic mass is 10.1. The quantitative estimate of drug-likeness (QED) is 0.452. The Balaban J connectivity index is 1.48. The molecule has 2 aromatic carbocycles. The number of methoxy groups -OCH3 is 3. The van der Waals surface area contributed by atoms with E-state index in [2.05, 4.69) is 4.90 Å². The van der Waals surface area contributed by atoms with Gasteiger partial charge in [-0.1, -0.05) is 0 Å². The predicted octanol–water partition coefficient (Wildman–Crippen LogP) is 3.18. The molecule has 1 aliphatic rings. The first kappa shape index (κ1) is 24.4. The minimum atomic E-state index is -0.382. The summed E-state index contributed by atoms with van der Waals surface area (Å²) in [6.45, 7) is 5.50. The number of benzene rings is 2. The van der Waals surface area contributed by atoms with Crippen LogP contribution in [0.2, 0.25) is 0 Å². The van der Waals surface area contributed by atoms with Crippen LogP contribution in [0.3, 0.4) is 0 Å². The molecule has 1 aliphatic heterocycles. The van der Waals surface area contributed by atoms with Crippen LogP contribution in [0.15, 0.2) is 45.6 Å². The maximum absolute atomic E-state index is 13.2. The number of carbonyl (C=O) groups is 1. The van der Waals surface area contributed by atoms with Gasteiger partial charge in [0.2, 0.25) is 5.75 Å². The second kappa shape index (κ2) is 10.7. The molecule has 0 spiro atoms. The van der Waals surface area contributed by atoms with Crippen LogP contribution in [-0.2, 0) is 6.54 Å². The van der Waals surface area contributed by atoms with E-state index in [1.54, 1.807) is 24.3 Å². The third-order valence-corrected chi connectivity index (χ3v) is 6.08. The fourth-order valence-corrected chi connectivity index (χ4v) is 4.33. The number of nitrogens with zero attached hydrogens (tertiary/aromatic N) is 2. The van der Waals surface area contributed by atoms with E-state index in [0.717, 1.165) is 16.7 Å². The zero-order valence-electron chi connectivity index (χ0n) is 20.5. The van der Waals surface area contributed by atoms with E-state index in [1.807, 2.05) is 17.9 Å². The molecule has 3 aromatic rings. The van der Waals surface area contributed by atoms with Gasteiger partial charge in [0.05, 0.1) is 27.9 Å². The maximum Gasteiger partial charge on any atom is 0.336 e. The van der Waals surface area contributed by atoms with Gasteiger partial charge in [0, 0.05) is 49.7 Å². The molecule has 1 fully saturated rings. The maximum atomic E-state index is 13.2. The molecule has 9 heteroatoms. The molecule has 0 N–H and O–H groups in total. The highest BCUT2D eigenvalue weighted by atomic mass is 16.5. The smallest absolute Gasteiger partial charge is 0.336 e. The van der Waals surface area contributed by atoms with Gasteiger partial charge >= 0.3 is 5.63 Å². The van der Waals surface area contributed by atoms with Gasteiger partial charge < -0.3 is 28.3 Å². The van der Waals surface area contributed by atoms with Crippen molar-refractivity contribution < 1.29 is 28.2 Å². The van der Waals surface area contributed by atoms with Crippen molar-refractivity contribution >= 4 is 16.9 Å². The molecule has 9 nitrogen and oxygen atoms in total. The second-order valence-corrected chi connectivity index (χ2v) is 8.16. The molecule has 35 heavy (non-hydrogen) atoms. The molecule has 1 aromatic heterocycles. The number of hydrogen-bond donors (Lipinski definition) is 0. The molecule has 186 valence electrons. The van der Waals surface area contributed by atoms with E-state index in [1.165, 1.54) is 27.4 Å². The summed E-state index contributed by atoms with van der Waals surface area (Å²) in [5.41, 5.74) is 1.50. The molecule has 0 aliphatic carbocycles. The summed E-state index contributed by atoms with van der Waals surface area (Å²) in [4.78, 5) is 29.3. The Morgan fingerprint density at radius 1 is 0.943 bits per heavy atom. The van der Waals surface area contributed by atoms with Gasteiger partial charge in [-0.25, -0.2) is 4.79 Å². The van der Waals surface area contributed by atoms with Crippen LogP contribution >= 0.6 is 0 Å². The molecule has 4 rings (SSSR count). The van der Waals surface area contributed by atoms with Gasteiger partial charge in [-0.05, 0) is 42.8 Å². The Kier molecular flexibility index (Phi) is 7.45. The molecule has 1 saturated heterocycles. The predicted molar refractivity (Wildman–Crippen MR) is 131 cm³/mol. The number of ether oxygens (including phenoxy) is 4. The summed E-state index contributed by atoms with van der Waals surface area (Å²) < 4.78 is 27.1. The van der Waals surface area contributed by atoms with E-state index in [4.69, 9.17) is 23.4 Å². The number of fused-ring (bicyclic) bond motifs is 1. The molecule has 0 radical (unpaired) electrons. The number of rotatable bonds is 8. The van der Waals surface area contributed by atoms with E-state index in [0.29, 0.717) is 67.7 Å². The Morgan fingerprint density at radius 3 is 2.23 bits per heavy atom.